The molecular weight excluding hydrogens is 279 g/mol. The molecule has 0 atom stereocenters. The fraction of sp³-hybridized carbons (Fsp3) is 0.462. The van der Waals surface area contributed by atoms with Gasteiger partial charge in [-0.05, 0) is 0 Å². The van der Waals surface area contributed by atoms with Gasteiger partial charge in [-0.15, -0.1) is 0 Å². The van der Waals surface area contributed by atoms with Gasteiger partial charge in [0.25, 0.3) is 0 Å². The van der Waals surface area contributed by atoms with E-state index in [0.29, 0.717) is 15.0 Å². The molecule has 0 N–H and O–H groups in total. The van der Waals surface area contributed by atoms with Crippen molar-refractivity contribution in [3.63, 3.8) is 0 Å². The van der Waals surface area contributed by atoms with Gasteiger partial charge in [0, 0.05) is 0 Å². The van der Waals surface area contributed by atoms with E-state index in [-0.39, 0.29) is 0 Å². The summed E-state index contributed by atoms with van der Waals surface area (Å²) in [5.74, 6) is 0.934. The van der Waals surface area contributed by atoms with E-state index in [9.17, 15) is 0 Å². The van der Waals surface area contributed by atoms with Gasteiger partial charge in [-0.1, -0.05) is 0 Å². The number of nitrogens with zero attached hydrogens (tertiary/aromatic N) is 2. The van der Waals surface area contributed by atoms with Crippen molar-refractivity contribution in [2.24, 2.45) is 0 Å². The average molecular weight is 298 g/mol. The molecule has 2 rings (SSSR count). The Kier molecular flexibility index (Phi) is 4.08. The molecule has 0 bridgehead atoms. The van der Waals surface area contributed by atoms with Crippen LogP contribution in [-0.2, 0) is 5.32 Å². The first-order chi connectivity index (χ1) is 8.20. The van der Waals surface area contributed by atoms with E-state index in [1.165, 1.54) is 10.3 Å². The van der Waals surface area contributed by atoms with E-state index in [4.69, 9.17) is 4.74 Å². The van der Waals surface area contributed by atoms with Crippen LogP contribution in [0.1, 0.15) is 5.56 Å². The minimum atomic E-state index is 0.522. The van der Waals surface area contributed by atoms with E-state index >= 15 is 0 Å². The van der Waals surface area contributed by atoms with Crippen LogP contribution in [0, 0.1) is 0 Å². The molecule has 0 aromatic heterocycles. The number of benzene rings is 1. The third-order valence-electron chi connectivity index (χ3n) is 2.95. The minimum absolute atomic E-state index is 0.522. The van der Waals surface area contributed by atoms with E-state index in [0.717, 1.165) is 24.2 Å². The molecule has 0 fully saturated rings. The second-order valence-corrected chi connectivity index (χ2v) is 6.24. The summed E-state index contributed by atoms with van der Waals surface area (Å²) >= 11 is 0.522. The summed E-state index contributed by atoms with van der Waals surface area (Å²) in [6.07, 6.45) is 0. The second kappa shape index (κ2) is 5.56. The summed E-state index contributed by atoms with van der Waals surface area (Å²) in [4.78, 5) is 2.38. The Balaban J connectivity index is 1.95. The average Bonchev–Trinajstić information content (AvgIpc) is 2.67. The number of likely N-dealkylation sites (N-methyl/N-ethyl adjacent to an activating group) is 2. The Hall–Kier alpha value is -0.991. The Bertz CT molecular complexity index is 414. The summed E-state index contributed by atoms with van der Waals surface area (Å²) < 4.78 is 9.05. The van der Waals surface area contributed by atoms with Gasteiger partial charge in [-0.2, -0.15) is 0 Å². The molecule has 0 spiro atoms. The van der Waals surface area contributed by atoms with Crippen LogP contribution < -0.4 is 4.74 Å². The molecule has 1 aromatic rings. The summed E-state index contributed by atoms with van der Waals surface area (Å²) in [6.45, 7) is 2.33. The predicted molar refractivity (Wildman–Crippen MR) is 71.1 cm³/mol. The van der Waals surface area contributed by atoms with Crippen LogP contribution in [0.25, 0.3) is 0 Å². The van der Waals surface area contributed by atoms with Crippen LogP contribution in [-0.4, -0.2) is 63.5 Å². The van der Waals surface area contributed by atoms with Crippen molar-refractivity contribution in [3.8, 4) is 5.75 Å². The van der Waals surface area contributed by atoms with Gasteiger partial charge in [0.2, 0.25) is 0 Å². The molecule has 1 heterocycles. The van der Waals surface area contributed by atoms with Gasteiger partial charge in [0.15, 0.2) is 0 Å². The Labute approximate surface area is 109 Å². The molecule has 0 unspecified atom stereocenters. The fourth-order valence-electron chi connectivity index (χ4n) is 1.87. The van der Waals surface area contributed by atoms with Crippen molar-refractivity contribution in [2.45, 2.75) is 5.32 Å². The standard InChI is InChI=1S/C13H19N2OSe/c1-14-8-9-15(2)13(14)17-10-11-4-6-12(16-3)7-5-11/h4-7H,8-10H2,1-3H3/q+1. The zero-order valence-corrected chi connectivity index (χ0v) is 12.4. The van der Waals surface area contributed by atoms with Gasteiger partial charge in [0.05, 0.1) is 0 Å². The molecule has 0 radical (unpaired) electrons. The Morgan fingerprint density at radius 1 is 1.35 bits per heavy atom. The number of amidine groups is 1. The maximum absolute atomic E-state index is 5.16. The Morgan fingerprint density at radius 2 is 2.06 bits per heavy atom. The topological polar surface area (TPSA) is 15.5 Å². The fourth-order valence-corrected chi connectivity index (χ4v) is 4.20. The van der Waals surface area contributed by atoms with E-state index in [1.54, 1.807) is 7.11 Å². The van der Waals surface area contributed by atoms with Crippen LogP contribution in [0.5, 0.6) is 5.75 Å². The van der Waals surface area contributed by atoms with Crippen LogP contribution in [0.15, 0.2) is 24.3 Å². The van der Waals surface area contributed by atoms with Crippen LogP contribution in [0.4, 0.5) is 0 Å². The summed E-state index contributed by atoms with van der Waals surface area (Å²) in [5, 5.41) is 1.15. The zero-order chi connectivity index (χ0) is 12.3. The monoisotopic (exact) mass is 299 g/mol. The predicted octanol–water partition coefficient (Wildman–Crippen LogP) is 0.843. The van der Waals surface area contributed by atoms with Gasteiger partial charge in [-0.3, -0.25) is 0 Å². The Morgan fingerprint density at radius 3 is 2.59 bits per heavy atom. The van der Waals surface area contributed by atoms with Crippen molar-refractivity contribution in [1.82, 2.24) is 4.90 Å². The first-order valence-corrected chi connectivity index (χ1v) is 7.82. The zero-order valence-electron chi connectivity index (χ0n) is 10.6. The molecular formula is C13H19N2OSe+. The molecule has 17 heavy (non-hydrogen) atoms. The number of methoxy groups -OCH3 is 1. The number of rotatable bonds is 4. The molecule has 0 saturated heterocycles. The first kappa shape index (κ1) is 12.5. The molecule has 3 nitrogen and oxygen atoms in total. The van der Waals surface area contributed by atoms with Crippen molar-refractivity contribution in [3.05, 3.63) is 29.8 Å². The second-order valence-electron chi connectivity index (χ2n) is 4.26. The van der Waals surface area contributed by atoms with E-state index in [2.05, 4.69) is 35.7 Å². The molecule has 0 amide bonds. The summed E-state index contributed by atoms with van der Waals surface area (Å²) in [7, 11) is 6.08. The van der Waals surface area contributed by atoms with Crippen molar-refractivity contribution in [2.75, 3.05) is 34.3 Å². The number of ether oxygens (including phenoxy) is 1. The maximum atomic E-state index is 5.16. The summed E-state index contributed by atoms with van der Waals surface area (Å²) in [6, 6.07) is 8.41. The molecule has 0 saturated carbocycles. The van der Waals surface area contributed by atoms with Crippen LogP contribution >= 0.6 is 0 Å². The first-order valence-electron chi connectivity index (χ1n) is 5.75. The summed E-state index contributed by atoms with van der Waals surface area (Å²) in [5.41, 5.74) is 1.40. The molecule has 1 aliphatic rings. The number of hydrogen-bond acceptors (Lipinski definition) is 2. The van der Waals surface area contributed by atoms with Gasteiger partial charge in [-0.25, -0.2) is 0 Å². The van der Waals surface area contributed by atoms with Crippen LogP contribution in [0.2, 0.25) is 0 Å². The van der Waals surface area contributed by atoms with Gasteiger partial charge >= 0.3 is 109 Å². The number of hydrogen-bond donors (Lipinski definition) is 0. The van der Waals surface area contributed by atoms with Gasteiger partial charge in [0.1, 0.15) is 0 Å². The van der Waals surface area contributed by atoms with Crippen molar-refractivity contribution < 1.29 is 9.31 Å². The molecule has 1 aliphatic heterocycles. The SMILES string of the molecule is COc1ccc(C[Se]C2=[N+](C)CCN2C)cc1. The third kappa shape index (κ3) is 3.02. The van der Waals surface area contributed by atoms with E-state index in [1.807, 2.05) is 12.1 Å². The normalized spacial score (nSPS) is 15.6. The van der Waals surface area contributed by atoms with Crippen molar-refractivity contribution in [1.29, 1.82) is 0 Å². The quantitative estimate of drug-likeness (QED) is 0.605. The van der Waals surface area contributed by atoms with Gasteiger partial charge < -0.3 is 0 Å². The van der Waals surface area contributed by atoms with Crippen molar-refractivity contribution >= 4 is 19.7 Å². The molecule has 1 aromatic carbocycles. The third-order valence-corrected chi connectivity index (χ3v) is 5.80. The molecule has 92 valence electrons. The van der Waals surface area contributed by atoms with E-state index < -0.39 is 0 Å². The van der Waals surface area contributed by atoms with Crippen LogP contribution in [0.3, 0.4) is 0 Å². The molecule has 0 aliphatic carbocycles. The molecule has 4 heteroatoms.